The minimum Gasteiger partial charge on any atom is -0.277 e. The van der Waals surface area contributed by atoms with Gasteiger partial charge in [0.05, 0.1) is 5.69 Å². The summed E-state index contributed by atoms with van der Waals surface area (Å²) in [6.45, 7) is 6.50. The van der Waals surface area contributed by atoms with E-state index in [1.807, 2.05) is 29.3 Å². The number of benzene rings is 2. The Balaban J connectivity index is 1.97. The van der Waals surface area contributed by atoms with Gasteiger partial charge in [0.15, 0.2) is 6.17 Å². The van der Waals surface area contributed by atoms with Gasteiger partial charge in [-0.2, -0.15) is 0 Å². The number of rotatable bonds is 7. The molecule has 2 aromatic rings. The number of hydrogen-bond acceptors (Lipinski definition) is 4. The Hall–Kier alpha value is -2.46. The quantitative estimate of drug-likeness (QED) is 0.682. The molecule has 0 saturated carbocycles. The molecule has 1 aliphatic rings. The molecule has 1 atom stereocenters. The van der Waals surface area contributed by atoms with Crippen molar-refractivity contribution >= 4 is 11.8 Å². The van der Waals surface area contributed by atoms with Gasteiger partial charge in [-0.1, -0.05) is 67.6 Å². The van der Waals surface area contributed by atoms with Gasteiger partial charge in [0.2, 0.25) is 0 Å². The van der Waals surface area contributed by atoms with E-state index in [2.05, 4.69) is 71.6 Å². The van der Waals surface area contributed by atoms with Gasteiger partial charge in [0.1, 0.15) is 5.70 Å². The molecule has 0 saturated heterocycles. The van der Waals surface area contributed by atoms with Gasteiger partial charge in [0, 0.05) is 13.1 Å². The van der Waals surface area contributed by atoms with Gasteiger partial charge in [-0.15, -0.1) is 5.11 Å². The number of para-hydroxylation sites is 1. The summed E-state index contributed by atoms with van der Waals surface area (Å²) >= 11 is 0. The van der Waals surface area contributed by atoms with Gasteiger partial charge in [-0.25, -0.2) is 5.01 Å². The van der Waals surface area contributed by atoms with E-state index >= 15 is 0 Å². The first kappa shape index (κ1) is 17.4. The van der Waals surface area contributed by atoms with Crippen LogP contribution in [0, 0.1) is 0 Å². The molecule has 1 heterocycles. The lowest BCUT2D eigenvalue weighted by molar-refractivity contribution is 0.223. The minimum absolute atomic E-state index is 0.0440. The third-order valence-electron chi connectivity index (χ3n) is 4.26. The Morgan fingerprint density at radius 3 is 2.12 bits per heavy atom. The van der Waals surface area contributed by atoms with E-state index in [0.29, 0.717) is 0 Å². The second kappa shape index (κ2) is 8.58. The first-order valence-corrected chi connectivity index (χ1v) is 9.10. The first-order chi connectivity index (χ1) is 12.3. The Bertz CT molecular complexity index is 703. The summed E-state index contributed by atoms with van der Waals surface area (Å²) in [5, 5.41) is 11.1. The Morgan fingerprint density at radius 1 is 0.920 bits per heavy atom. The Labute approximate surface area is 150 Å². The maximum absolute atomic E-state index is 4.53. The second-order valence-electron chi connectivity index (χ2n) is 6.26. The molecule has 0 radical (unpaired) electrons. The fourth-order valence-electron chi connectivity index (χ4n) is 3.20. The summed E-state index contributed by atoms with van der Waals surface area (Å²) in [5.74, 6) is 0. The molecular formula is C21H26N4. The molecule has 2 aromatic carbocycles. The van der Waals surface area contributed by atoms with Crippen molar-refractivity contribution in [3.8, 4) is 0 Å². The van der Waals surface area contributed by atoms with Crippen LogP contribution in [0.2, 0.25) is 0 Å². The molecule has 0 aromatic heterocycles. The monoisotopic (exact) mass is 334 g/mol. The predicted octanol–water partition coefficient (Wildman–Crippen LogP) is 5.36. The van der Waals surface area contributed by atoms with E-state index in [1.165, 1.54) is 0 Å². The minimum atomic E-state index is 0.0440. The molecule has 4 heteroatoms. The third kappa shape index (κ3) is 4.15. The van der Waals surface area contributed by atoms with E-state index in [0.717, 1.165) is 42.9 Å². The Kier molecular flexibility index (Phi) is 5.96. The van der Waals surface area contributed by atoms with Crippen molar-refractivity contribution in [3.05, 3.63) is 71.9 Å². The zero-order valence-corrected chi connectivity index (χ0v) is 15.0. The summed E-state index contributed by atoms with van der Waals surface area (Å²) in [7, 11) is 0. The zero-order chi connectivity index (χ0) is 17.5. The van der Waals surface area contributed by atoms with E-state index in [-0.39, 0.29) is 6.17 Å². The first-order valence-electron chi connectivity index (χ1n) is 9.10. The van der Waals surface area contributed by atoms with Gasteiger partial charge >= 0.3 is 0 Å². The van der Waals surface area contributed by atoms with Crippen LogP contribution in [0.1, 0.15) is 32.3 Å². The molecule has 0 amide bonds. The van der Waals surface area contributed by atoms with Crippen molar-refractivity contribution in [2.24, 2.45) is 10.3 Å². The highest BCUT2D eigenvalue weighted by atomic mass is 15.7. The Morgan fingerprint density at radius 2 is 1.52 bits per heavy atom. The normalized spacial score (nSPS) is 18.4. The lowest BCUT2D eigenvalue weighted by Crippen LogP contribution is -2.45. The van der Waals surface area contributed by atoms with Crippen molar-refractivity contribution in [2.45, 2.75) is 32.9 Å². The second-order valence-corrected chi connectivity index (χ2v) is 6.26. The van der Waals surface area contributed by atoms with E-state index in [4.69, 9.17) is 0 Å². The molecule has 25 heavy (non-hydrogen) atoms. The maximum Gasteiger partial charge on any atom is 0.151 e. The molecular weight excluding hydrogens is 308 g/mol. The summed E-state index contributed by atoms with van der Waals surface area (Å²) in [6, 6.07) is 20.7. The summed E-state index contributed by atoms with van der Waals surface area (Å²) in [6.07, 6.45) is 4.41. The third-order valence-corrected chi connectivity index (χ3v) is 4.26. The highest BCUT2D eigenvalue weighted by molar-refractivity contribution is 5.58. The van der Waals surface area contributed by atoms with E-state index in [9.17, 15) is 0 Å². The smallest absolute Gasteiger partial charge is 0.151 e. The fourth-order valence-corrected chi connectivity index (χ4v) is 3.20. The molecule has 0 fully saturated rings. The van der Waals surface area contributed by atoms with Crippen LogP contribution in [0.15, 0.2) is 76.7 Å². The van der Waals surface area contributed by atoms with Crippen molar-refractivity contribution in [2.75, 3.05) is 18.1 Å². The zero-order valence-electron chi connectivity index (χ0n) is 15.0. The van der Waals surface area contributed by atoms with Crippen LogP contribution in [-0.2, 0) is 0 Å². The molecule has 4 nitrogen and oxygen atoms in total. The molecule has 0 aliphatic carbocycles. The van der Waals surface area contributed by atoms with Gasteiger partial charge in [-0.3, -0.25) is 4.90 Å². The molecule has 130 valence electrons. The van der Waals surface area contributed by atoms with Gasteiger partial charge < -0.3 is 0 Å². The lowest BCUT2D eigenvalue weighted by atomic mass is 10.1. The summed E-state index contributed by atoms with van der Waals surface area (Å²) < 4.78 is 0. The lowest BCUT2D eigenvalue weighted by Gasteiger charge is -2.33. The number of nitrogens with zero attached hydrogens (tertiary/aromatic N) is 4. The fraction of sp³-hybridized carbons (Fsp3) is 0.333. The van der Waals surface area contributed by atoms with E-state index < -0.39 is 0 Å². The average molecular weight is 334 g/mol. The molecule has 0 N–H and O–H groups in total. The number of anilines is 1. The van der Waals surface area contributed by atoms with Crippen LogP contribution in [-0.4, -0.2) is 24.2 Å². The van der Waals surface area contributed by atoms with Crippen molar-refractivity contribution in [1.29, 1.82) is 0 Å². The van der Waals surface area contributed by atoms with Crippen molar-refractivity contribution in [3.63, 3.8) is 0 Å². The van der Waals surface area contributed by atoms with Crippen LogP contribution in [0.3, 0.4) is 0 Å². The van der Waals surface area contributed by atoms with Crippen molar-refractivity contribution in [1.82, 2.24) is 4.90 Å². The van der Waals surface area contributed by atoms with Crippen LogP contribution in [0.4, 0.5) is 5.69 Å². The van der Waals surface area contributed by atoms with Crippen LogP contribution in [0.25, 0.3) is 6.08 Å². The number of hydrogen-bond donors (Lipinski definition) is 0. The highest BCUT2D eigenvalue weighted by Crippen LogP contribution is 2.31. The predicted molar refractivity (Wildman–Crippen MR) is 104 cm³/mol. The van der Waals surface area contributed by atoms with Crippen LogP contribution < -0.4 is 5.01 Å². The van der Waals surface area contributed by atoms with Crippen molar-refractivity contribution < 1.29 is 0 Å². The molecule has 0 bridgehead atoms. The summed E-state index contributed by atoms with van der Waals surface area (Å²) in [5.41, 5.74) is 3.23. The van der Waals surface area contributed by atoms with E-state index in [1.54, 1.807) is 0 Å². The topological polar surface area (TPSA) is 31.2 Å². The van der Waals surface area contributed by atoms with Crippen LogP contribution >= 0.6 is 0 Å². The SMILES string of the molecule is CCCN(CCC)C1/C(=C/c2ccccc2)N=NN1c1ccccc1. The van der Waals surface area contributed by atoms with Crippen LogP contribution in [0.5, 0.6) is 0 Å². The van der Waals surface area contributed by atoms with Gasteiger partial charge in [-0.05, 0) is 36.6 Å². The average Bonchev–Trinajstić information content (AvgIpc) is 3.06. The van der Waals surface area contributed by atoms with Gasteiger partial charge in [0.25, 0.3) is 0 Å². The molecule has 1 unspecified atom stereocenters. The highest BCUT2D eigenvalue weighted by Gasteiger charge is 2.33. The molecule has 0 spiro atoms. The largest absolute Gasteiger partial charge is 0.277 e. The maximum atomic E-state index is 4.53. The standard InChI is InChI=1S/C21H26N4/c1-3-15-24(16-4-2)21-20(17-18-11-7-5-8-12-18)22-23-25(21)19-13-9-6-10-14-19/h5-14,17,21H,3-4,15-16H2,1-2H3/b20-17-. The molecule has 1 aliphatic heterocycles. The summed E-state index contributed by atoms with van der Waals surface area (Å²) in [4.78, 5) is 2.47. The molecule has 3 rings (SSSR count).